The largest absolute Gasteiger partial charge is 0.519 e. The lowest BCUT2D eigenvalue weighted by Crippen LogP contribution is -2.50. The second-order valence-corrected chi connectivity index (χ2v) is 11.4. The van der Waals surface area contributed by atoms with E-state index >= 15 is 0 Å². The molecule has 0 aliphatic carbocycles. The van der Waals surface area contributed by atoms with Crippen LogP contribution in [0.25, 0.3) is 0 Å². The number of methoxy groups -OCH3 is 1. The lowest BCUT2D eigenvalue weighted by molar-refractivity contribution is 0.0524. The van der Waals surface area contributed by atoms with Crippen LogP contribution in [0.4, 0.5) is 4.79 Å². The van der Waals surface area contributed by atoms with Gasteiger partial charge in [-0.05, 0) is 68.5 Å². The molecule has 0 radical (unpaired) electrons. The Bertz CT molecular complexity index is 1520. The van der Waals surface area contributed by atoms with E-state index in [1.54, 1.807) is 29.9 Å². The van der Waals surface area contributed by atoms with Crippen LogP contribution in [-0.4, -0.2) is 70.6 Å². The number of carbonyl (C=O) groups is 2. The van der Waals surface area contributed by atoms with Crippen LogP contribution in [0.2, 0.25) is 0 Å². The molecule has 11 heteroatoms. The average molecular weight is 580 g/mol. The molecule has 2 aliphatic rings. The Hall–Kier alpha value is -4.25. The van der Waals surface area contributed by atoms with E-state index in [2.05, 4.69) is 24.8 Å². The molecule has 1 aromatic heterocycles. The summed E-state index contributed by atoms with van der Waals surface area (Å²) in [6, 6.07) is 11.4. The molecule has 11 nitrogen and oxygen atoms in total. The number of phenols is 1. The van der Waals surface area contributed by atoms with Gasteiger partial charge in [0.05, 0.1) is 7.11 Å². The first-order valence-corrected chi connectivity index (χ1v) is 14.1. The molecule has 1 N–H and O–H groups in total. The number of aromatic hydroxyl groups is 1. The Morgan fingerprint density at radius 3 is 2.45 bits per heavy atom. The van der Waals surface area contributed by atoms with E-state index in [1.165, 1.54) is 0 Å². The molecule has 5 rings (SSSR count). The van der Waals surface area contributed by atoms with Crippen LogP contribution in [0.1, 0.15) is 58.8 Å². The number of amides is 2. The van der Waals surface area contributed by atoms with Crippen LogP contribution in [0.15, 0.2) is 50.0 Å². The van der Waals surface area contributed by atoms with Crippen molar-refractivity contribution in [1.29, 1.82) is 0 Å². The topological polar surface area (TPSA) is 126 Å². The number of fused-ring (bicyclic) bond motifs is 1. The fraction of sp³-hybridized carbons (Fsp3) is 0.452. The van der Waals surface area contributed by atoms with Crippen LogP contribution in [-0.2, 0) is 30.9 Å². The first-order chi connectivity index (χ1) is 20.1. The van der Waals surface area contributed by atoms with Crippen LogP contribution < -0.4 is 10.6 Å². The number of piperazine rings is 1. The van der Waals surface area contributed by atoms with Gasteiger partial charge < -0.3 is 33.2 Å². The third-order valence-corrected chi connectivity index (χ3v) is 8.33. The maximum atomic E-state index is 13.6. The molecule has 2 amide bonds. The molecular weight excluding hydrogens is 542 g/mol. The molecule has 0 bridgehead atoms. The molecular formula is C31H37N3O8. The zero-order chi connectivity index (χ0) is 30.0. The third kappa shape index (κ3) is 6.15. The molecule has 3 heterocycles. The van der Waals surface area contributed by atoms with E-state index in [1.807, 2.05) is 24.3 Å². The van der Waals surface area contributed by atoms with Gasteiger partial charge in [0.1, 0.15) is 0 Å². The molecule has 2 aliphatic heterocycles. The number of phenolic OH excluding ortho intramolecular Hbond substituents is 1. The van der Waals surface area contributed by atoms with Crippen molar-refractivity contribution in [3.05, 3.63) is 80.8 Å². The summed E-state index contributed by atoms with van der Waals surface area (Å²) >= 11 is 0. The standard InChI is InChI=1S/C31H37N3O8/c1-20-27(42-30(38)41-20)19-40-29(37)33-14-12-32(13-15-33)28(36)23-7-5-6-22-17-34(18-24(22)23)31(2,3)11-10-21-8-9-25(35)26(16-21)39-4/h5-9,16,35H,10-15,17-19H2,1-4H3. The zero-order valence-corrected chi connectivity index (χ0v) is 24.5. The van der Waals surface area contributed by atoms with Gasteiger partial charge in [0.15, 0.2) is 29.6 Å². The SMILES string of the molecule is COc1cc(CCC(C)(C)N2Cc3cccc(C(=O)N4CCN(C(=O)OCc5oc(=O)oc5C)CC4)c3C2)ccc1O. The number of aryl methyl sites for hydroxylation is 2. The third-order valence-electron chi connectivity index (χ3n) is 8.33. The van der Waals surface area contributed by atoms with Gasteiger partial charge in [-0.1, -0.05) is 18.2 Å². The fourth-order valence-corrected chi connectivity index (χ4v) is 5.52. The van der Waals surface area contributed by atoms with Crippen molar-refractivity contribution in [2.24, 2.45) is 0 Å². The smallest absolute Gasteiger partial charge is 0.504 e. The number of nitrogens with zero attached hydrogens (tertiary/aromatic N) is 3. The minimum absolute atomic E-state index is 0.0356. The Morgan fingerprint density at radius 2 is 1.76 bits per heavy atom. The maximum Gasteiger partial charge on any atom is 0.519 e. The molecule has 0 unspecified atom stereocenters. The van der Waals surface area contributed by atoms with Crippen molar-refractivity contribution in [1.82, 2.24) is 14.7 Å². The molecule has 0 saturated carbocycles. The van der Waals surface area contributed by atoms with Gasteiger partial charge in [0, 0.05) is 50.4 Å². The van der Waals surface area contributed by atoms with Gasteiger partial charge in [-0.15, -0.1) is 0 Å². The van der Waals surface area contributed by atoms with Crippen LogP contribution in [0, 0.1) is 6.92 Å². The first kappa shape index (κ1) is 29.2. The Balaban J connectivity index is 1.17. The molecule has 0 spiro atoms. The van der Waals surface area contributed by atoms with Gasteiger partial charge in [-0.25, -0.2) is 9.59 Å². The van der Waals surface area contributed by atoms with Gasteiger partial charge in [0.25, 0.3) is 5.91 Å². The van der Waals surface area contributed by atoms with Crippen molar-refractivity contribution in [2.75, 3.05) is 33.3 Å². The van der Waals surface area contributed by atoms with E-state index in [0.717, 1.165) is 36.1 Å². The summed E-state index contributed by atoms with van der Waals surface area (Å²) in [5.41, 5.74) is 3.88. The van der Waals surface area contributed by atoms with Crippen molar-refractivity contribution >= 4 is 12.0 Å². The quantitative estimate of drug-likeness (QED) is 0.420. The molecule has 224 valence electrons. The van der Waals surface area contributed by atoms with Crippen molar-refractivity contribution in [3.8, 4) is 11.5 Å². The van der Waals surface area contributed by atoms with Crippen LogP contribution in [0.3, 0.4) is 0 Å². The average Bonchev–Trinajstić information content (AvgIpc) is 3.57. The first-order valence-electron chi connectivity index (χ1n) is 14.1. The highest BCUT2D eigenvalue weighted by Crippen LogP contribution is 2.35. The number of hydrogen-bond acceptors (Lipinski definition) is 9. The summed E-state index contributed by atoms with van der Waals surface area (Å²) in [6.07, 6.45) is 1.18. The molecule has 1 fully saturated rings. The highest BCUT2D eigenvalue weighted by atomic mass is 16.6. The number of ether oxygens (including phenoxy) is 2. The summed E-state index contributed by atoms with van der Waals surface area (Å²) in [6.45, 7) is 8.72. The van der Waals surface area contributed by atoms with E-state index in [4.69, 9.17) is 18.3 Å². The summed E-state index contributed by atoms with van der Waals surface area (Å²) in [7, 11) is 1.55. The molecule has 3 aromatic rings. The van der Waals surface area contributed by atoms with Crippen molar-refractivity contribution < 1.29 is 33.0 Å². The van der Waals surface area contributed by atoms with Crippen molar-refractivity contribution in [3.63, 3.8) is 0 Å². The van der Waals surface area contributed by atoms with Gasteiger partial charge in [-0.2, -0.15) is 0 Å². The lowest BCUT2D eigenvalue weighted by atomic mass is 9.93. The second kappa shape index (κ2) is 11.9. The van der Waals surface area contributed by atoms with Crippen LogP contribution >= 0.6 is 0 Å². The summed E-state index contributed by atoms with van der Waals surface area (Å²) in [4.78, 5) is 43.1. The van der Waals surface area contributed by atoms with E-state index < -0.39 is 11.9 Å². The molecule has 0 atom stereocenters. The summed E-state index contributed by atoms with van der Waals surface area (Å²) in [5.74, 6) is 0.188. The maximum absolute atomic E-state index is 13.6. The number of benzene rings is 2. The normalized spacial score (nSPS) is 15.5. The molecule has 2 aromatic carbocycles. The second-order valence-electron chi connectivity index (χ2n) is 11.4. The number of carbonyl (C=O) groups excluding carboxylic acids is 2. The molecule has 42 heavy (non-hydrogen) atoms. The van der Waals surface area contributed by atoms with Gasteiger partial charge in [-0.3, -0.25) is 9.69 Å². The molecule has 1 saturated heterocycles. The highest BCUT2D eigenvalue weighted by Gasteiger charge is 2.35. The van der Waals surface area contributed by atoms with E-state index in [9.17, 15) is 19.5 Å². The zero-order valence-electron chi connectivity index (χ0n) is 24.5. The predicted octanol–water partition coefficient (Wildman–Crippen LogP) is 4.08. The summed E-state index contributed by atoms with van der Waals surface area (Å²) in [5, 5.41) is 9.91. The number of hydrogen-bond donors (Lipinski definition) is 1. The number of rotatable bonds is 8. The fourth-order valence-electron chi connectivity index (χ4n) is 5.52. The van der Waals surface area contributed by atoms with E-state index in [0.29, 0.717) is 44.0 Å². The van der Waals surface area contributed by atoms with Crippen molar-refractivity contribution in [2.45, 2.75) is 58.8 Å². The van der Waals surface area contributed by atoms with Gasteiger partial charge in [0.2, 0.25) is 0 Å². The Kier molecular flexibility index (Phi) is 8.31. The Labute approximate surface area is 244 Å². The predicted molar refractivity (Wildman–Crippen MR) is 152 cm³/mol. The highest BCUT2D eigenvalue weighted by molar-refractivity contribution is 5.96. The summed E-state index contributed by atoms with van der Waals surface area (Å²) < 4.78 is 20.2. The van der Waals surface area contributed by atoms with Crippen LogP contribution in [0.5, 0.6) is 11.5 Å². The Morgan fingerprint density at radius 1 is 1.02 bits per heavy atom. The minimum Gasteiger partial charge on any atom is -0.504 e. The van der Waals surface area contributed by atoms with Gasteiger partial charge >= 0.3 is 11.9 Å². The van der Waals surface area contributed by atoms with E-state index in [-0.39, 0.29) is 35.3 Å². The monoisotopic (exact) mass is 579 g/mol. The lowest BCUT2D eigenvalue weighted by Gasteiger charge is -2.36. The minimum atomic E-state index is -0.833.